The average Bonchev–Trinajstić information content (AvgIpc) is 3.54. The van der Waals surface area contributed by atoms with E-state index in [2.05, 4.69) is 34.9 Å². The van der Waals surface area contributed by atoms with Crippen LogP contribution in [-0.4, -0.2) is 78.9 Å². The number of benzene rings is 2. The monoisotopic (exact) mass is 541 g/mol. The van der Waals surface area contributed by atoms with Crippen molar-refractivity contribution in [3.63, 3.8) is 0 Å². The SMILES string of the molecule is O=C(O)CCN1CCN(Cc2csc3nc(-c4ccccc4NC(=O)c4cnc5ccccc5n4)cn23)CC1. The predicted molar refractivity (Wildman–Crippen MR) is 150 cm³/mol. The highest BCUT2D eigenvalue weighted by Gasteiger charge is 2.20. The summed E-state index contributed by atoms with van der Waals surface area (Å²) in [5.74, 6) is -1.08. The van der Waals surface area contributed by atoms with Crippen LogP contribution >= 0.6 is 11.3 Å². The Bertz CT molecular complexity index is 1660. The molecule has 0 saturated carbocycles. The quantitative estimate of drug-likeness (QED) is 0.304. The molecule has 10 nitrogen and oxygen atoms in total. The Balaban J connectivity index is 1.17. The predicted octanol–water partition coefficient (Wildman–Crippen LogP) is 3.85. The number of piperazine rings is 1. The first-order valence-electron chi connectivity index (χ1n) is 12.8. The standard InChI is InChI=1S/C28H27N7O3S/c36-26(37)9-10-33-11-13-34(14-12-33)16-19-18-39-28-32-25(17-35(19)28)20-5-1-2-6-21(20)31-27(38)24-15-29-22-7-3-4-8-23(22)30-24/h1-8,15,17-18H,9-14,16H2,(H,31,38)(H,36,37). The van der Waals surface area contributed by atoms with Crippen LogP contribution in [0, 0.1) is 0 Å². The van der Waals surface area contributed by atoms with Crippen LogP contribution in [0.5, 0.6) is 0 Å². The third kappa shape index (κ3) is 5.51. The van der Waals surface area contributed by atoms with Gasteiger partial charge in [-0.1, -0.05) is 30.3 Å². The van der Waals surface area contributed by atoms with Crippen LogP contribution < -0.4 is 5.32 Å². The minimum atomic E-state index is -0.752. The molecule has 0 radical (unpaired) electrons. The highest BCUT2D eigenvalue weighted by molar-refractivity contribution is 7.15. The Morgan fingerprint density at radius 2 is 1.69 bits per heavy atom. The summed E-state index contributed by atoms with van der Waals surface area (Å²) in [6.45, 7) is 4.91. The number of aromatic nitrogens is 4. The molecule has 1 fully saturated rings. The van der Waals surface area contributed by atoms with Gasteiger partial charge in [0.05, 0.1) is 35.0 Å². The van der Waals surface area contributed by atoms with Gasteiger partial charge in [-0.2, -0.15) is 0 Å². The number of carboxylic acid groups (broad SMARTS) is 1. The molecule has 11 heteroatoms. The second-order valence-corrected chi connectivity index (χ2v) is 10.3. The number of imidazole rings is 1. The topological polar surface area (TPSA) is 116 Å². The van der Waals surface area contributed by atoms with E-state index < -0.39 is 5.97 Å². The first-order chi connectivity index (χ1) is 19.0. The zero-order valence-corrected chi connectivity index (χ0v) is 22.0. The van der Waals surface area contributed by atoms with Crippen molar-refractivity contribution in [2.24, 2.45) is 0 Å². The molecule has 4 heterocycles. The van der Waals surface area contributed by atoms with Gasteiger partial charge in [0.25, 0.3) is 5.91 Å². The molecule has 1 amide bonds. The van der Waals surface area contributed by atoms with Gasteiger partial charge in [-0.25, -0.2) is 9.97 Å². The molecule has 0 unspecified atom stereocenters. The lowest BCUT2D eigenvalue weighted by molar-refractivity contribution is -0.137. The van der Waals surface area contributed by atoms with E-state index in [-0.39, 0.29) is 18.0 Å². The minimum absolute atomic E-state index is 0.181. The van der Waals surface area contributed by atoms with Gasteiger partial charge in [0.2, 0.25) is 0 Å². The maximum Gasteiger partial charge on any atom is 0.304 e. The molecule has 2 N–H and O–H groups in total. The van der Waals surface area contributed by atoms with Crippen LogP contribution in [0.15, 0.2) is 66.3 Å². The largest absolute Gasteiger partial charge is 0.481 e. The summed E-state index contributed by atoms with van der Waals surface area (Å²) in [4.78, 5) is 43.1. The van der Waals surface area contributed by atoms with Crippen LogP contribution in [0.4, 0.5) is 5.69 Å². The highest BCUT2D eigenvalue weighted by atomic mass is 32.1. The number of carbonyl (C=O) groups excluding carboxylic acids is 1. The van der Waals surface area contributed by atoms with Crippen molar-refractivity contribution in [2.75, 3.05) is 38.0 Å². The van der Waals surface area contributed by atoms with Gasteiger partial charge in [0, 0.05) is 62.1 Å². The fourth-order valence-corrected chi connectivity index (χ4v) is 5.66. The molecule has 1 aliphatic heterocycles. The van der Waals surface area contributed by atoms with Gasteiger partial charge in [0.15, 0.2) is 4.96 Å². The number of fused-ring (bicyclic) bond motifs is 2. The Morgan fingerprint density at radius 1 is 0.949 bits per heavy atom. The summed E-state index contributed by atoms with van der Waals surface area (Å²) in [5.41, 5.74) is 5.07. The number of carboxylic acids is 1. The molecule has 2 aromatic carbocycles. The zero-order chi connectivity index (χ0) is 26.8. The van der Waals surface area contributed by atoms with Crippen LogP contribution in [0.3, 0.4) is 0 Å². The molecule has 3 aromatic heterocycles. The van der Waals surface area contributed by atoms with E-state index in [0.29, 0.717) is 17.7 Å². The lowest BCUT2D eigenvalue weighted by atomic mass is 10.1. The molecule has 198 valence electrons. The molecule has 0 bridgehead atoms. The number of hydrogen-bond acceptors (Lipinski definition) is 8. The van der Waals surface area contributed by atoms with Gasteiger partial charge in [-0.15, -0.1) is 11.3 Å². The summed E-state index contributed by atoms with van der Waals surface area (Å²) in [5, 5.41) is 14.1. The Kier molecular flexibility index (Phi) is 7.01. The van der Waals surface area contributed by atoms with E-state index in [0.717, 1.165) is 60.2 Å². The molecular weight excluding hydrogens is 514 g/mol. The molecule has 39 heavy (non-hydrogen) atoms. The van der Waals surface area contributed by atoms with Crippen LogP contribution in [-0.2, 0) is 11.3 Å². The van der Waals surface area contributed by atoms with E-state index in [4.69, 9.17) is 10.1 Å². The van der Waals surface area contributed by atoms with Gasteiger partial charge in [-0.05, 0) is 18.2 Å². The number of nitrogens with zero attached hydrogens (tertiary/aromatic N) is 6. The number of amides is 1. The van der Waals surface area contributed by atoms with Gasteiger partial charge >= 0.3 is 5.97 Å². The Morgan fingerprint density at radius 3 is 2.51 bits per heavy atom. The van der Waals surface area contributed by atoms with E-state index in [1.807, 2.05) is 54.7 Å². The lowest BCUT2D eigenvalue weighted by Gasteiger charge is -2.34. The van der Waals surface area contributed by atoms with Crippen LogP contribution in [0.25, 0.3) is 27.3 Å². The maximum absolute atomic E-state index is 13.1. The maximum atomic E-state index is 13.1. The van der Waals surface area contributed by atoms with Crippen molar-refractivity contribution >= 4 is 44.9 Å². The van der Waals surface area contributed by atoms with Crippen molar-refractivity contribution in [3.05, 3.63) is 77.7 Å². The Hall–Kier alpha value is -4.19. The number of para-hydroxylation sites is 3. The smallest absolute Gasteiger partial charge is 0.304 e. The van der Waals surface area contributed by atoms with Crippen molar-refractivity contribution in [1.29, 1.82) is 0 Å². The average molecular weight is 542 g/mol. The first kappa shape index (κ1) is 25.1. The van der Waals surface area contributed by atoms with Crippen LogP contribution in [0.1, 0.15) is 22.6 Å². The van der Waals surface area contributed by atoms with E-state index in [1.165, 1.54) is 6.20 Å². The second kappa shape index (κ2) is 10.9. The third-order valence-electron chi connectivity index (χ3n) is 6.91. The molecule has 5 aromatic rings. The number of carbonyl (C=O) groups is 2. The summed E-state index contributed by atoms with van der Waals surface area (Å²) >= 11 is 1.59. The number of rotatable bonds is 8. The molecular formula is C28H27N7O3S. The second-order valence-electron chi connectivity index (χ2n) is 9.51. The van der Waals surface area contributed by atoms with E-state index in [1.54, 1.807) is 11.3 Å². The molecule has 1 aliphatic rings. The van der Waals surface area contributed by atoms with Crippen molar-refractivity contribution in [2.45, 2.75) is 13.0 Å². The molecule has 1 saturated heterocycles. The number of nitrogens with one attached hydrogen (secondary N) is 1. The number of thiazole rings is 1. The van der Waals surface area contributed by atoms with Gasteiger partial charge in [-0.3, -0.25) is 23.9 Å². The Labute approximate surface area is 228 Å². The third-order valence-corrected chi connectivity index (χ3v) is 7.80. The van der Waals surface area contributed by atoms with Crippen molar-refractivity contribution < 1.29 is 14.7 Å². The number of hydrogen-bond donors (Lipinski definition) is 2. The van der Waals surface area contributed by atoms with Gasteiger partial charge in [0.1, 0.15) is 5.69 Å². The highest BCUT2D eigenvalue weighted by Crippen LogP contribution is 2.30. The summed E-state index contributed by atoms with van der Waals surface area (Å²) < 4.78 is 2.12. The van der Waals surface area contributed by atoms with Crippen molar-refractivity contribution in [1.82, 2.24) is 29.2 Å². The number of aliphatic carboxylic acids is 1. The zero-order valence-electron chi connectivity index (χ0n) is 21.2. The molecule has 0 spiro atoms. The van der Waals surface area contributed by atoms with Crippen molar-refractivity contribution in [3.8, 4) is 11.3 Å². The fraction of sp³-hybridized carbons (Fsp3) is 0.250. The molecule has 0 aliphatic carbocycles. The lowest BCUT2D eigenvalue weighted by Crippen LogP contribution is -2.46. The van der Waals surface area contributed by atoms with E-state index >= 15 is 0 Å². The summed E-state index contributed by atoms with van der Waals surface area (Å²) in [6.07, 6.45) is 3.69. The number of anilines is 1. The molecule has 6 rings (SSSR count). The fourth-order valence-electron chi connectivity index (χ4n) is 4.80. The summed E-state index contributed by atoms with van der Waals surface area (Å²) in [7, 11) is 0. The minimum Gasteiger partial charge on any atom is -0.481 e. The van der Waals surface area contributed by atoms with E-state index in [9.17, 15) is 9.59 Å². The normalized spacial score (nSPS) is 14.7. The van der Waals surface area contributed by atoms with Crippen LogP contribution in [0.2, 0.25) is 0 Å². The summed E-state index contributed by atoms with van der Waals surface area (Å²) in [6, 6.07) is 15.1. The van der Waals surface area contributed by atoms with Gasteiger partial charge < -0.3 is 15.3 Å². The molecule has 0 atom stereocenters. The first-order valence-corrected chi connectivity index (χ1v) is 13.7.